The third-order valence-corrected chi connectivity index (χ3v) is 8.40. The van der Waals surface area contributed by atoms with Gasteiger partial charge in [0.1, 0.15) is 11.6 Å². The van der Waals surface area contributed by atoms with E-state index >= 15 is 0 Å². The van der Waals surface area contributed by atoms with E-state index in [-0.39, 0.29) is 22.6 Å². The van der Waals surface area contributed by atoms with E-state index in [1.54, 1.807) is 31.6 Å². The van der Waals surface area contributed by atoms with Gasteiger partial charge in [-0.25, -0.2) is 33.5 Å². The first-order valence-corrected chi connectivity index (χ1v) is 13.9. The Kier molecular flexibility index (Phi) is 8.25. The summed E-state index contributed by atoms with van der Waals surface area (Å²) >= 11 is 0. The molecule has 0 saturated heterocycles. The predicted molar refractivity (Wildman–Crippen MR) is 151 cm³/mol. The molecule has 1 aromatic carbocycles. The summed E-state index contributed by atoms with van der Waals surface area (Å²) in [6, 6.07) is 7.51. The summed E-state index contributed by atoms with van der Waals surface area (Å²) in [6.45, 7) is 6.42. The highest BCUT2D eigenvalue weighted by atomic mass is 19.4. The molecular formula is C30H28F5N7O3. The second-order valence-corrected chi connectivity index (χ2v) is 11.4. The molecule has 0 aliphatic heterocycles. The number of carbonyl (C=O) groups is 1. The summed E-state index contributed by atoms with van der Waals surface area (Å²) in [4.78, 5) is 27.0. The molecule has 0 unspecified atom stereocenters. The number of carboxylic acid groups (broad SMARTS) is 1. The number of benzene rings is 1. The van der Waals surface area contributed by atoms with Crippen LogP contribution in [-0.4, -0.2) is 65.1 Å². The van der Waals surface area contributed by atoms with E-state index in [1.807, 2.05) is 6.07 Å². The third kappa shape index (κ3) is 5.67. The van der Waals surface area contributed by atoms with Crippen LogP contribution in [0.25, 0.3) is 22.6 Å². The Morgan fingerprint density at radius 1 is 1.09 bits per heavy atom. The summed E-state index contributed by atoms with van der Waals surface area (Å²) in [5, 5.41) is 28.4. The summed E-state index contributed by atoms with van der Waals surface area (Å²) in [5.41, 5.74) is 2.51. The van der Waals surface area contributed by atoms with E-state index in [9.17, 15) is 27.1 Å². The molecule has 15 heteroatoms. The van der Waals surface area contributed by atoms with E-state index in [0.29, 0.717) is 23.9 Å². The van der Waals surface area contributed by atoms with Crippen molar-refractivity contribution in [3.8, 4) is 22.6 Å². The van der Waals surface area contributed by atoms with Gasteiger partial charge in [0.05, 0.1) is 39.7 Å². The summed E-state index contributed by atoms with van der Waals surface area (Å²) < 4.78 is 60.8. The van der Waals surface area contributed by atoms with Gasteiger partial charge in [0.15, 0.2) is 5.82 Å². The molecular weight excluding hydrogens is 601 g/mol. The number of nitrogens with one attached hydrogen (secondary N) is 1. The highest BCUT2D eigenvalue weighted by Gasteiger charge is 2.65. The molecule has 1 saturated carbocycles. The number of aliphatic hydroxyl groups is 1. The molecule has 6 rings (SSSR count). The van der Waals surface area contributed by atoms with Gasteiger partial charge in [-0.05, 0) is 60.9 Å². The molecule has 2 aliphatic rings. The maximum Gasteiger partial charge on any atom is 0.490 e. The van der Waals surface area contributed by atoms with Gasteiger partial charge in [0.25, 0.3) is 0 Å². The van der Waals surface area contributed by atoms with Crippen molar-refractivity contribution in [2.24, 2.45) is 5.41 Å². The summed E-state index contributed by atoms with van der Waals surface area (Å²) in [6.07, 6.45) is 1.15. The number of aliphatic hydroxyl groups excluding tert-OH is 1. The second-order valence-electron chi connectivity index (χ2n) is 11.4. The van der Waals surface area contributed by atoms with Crippen LogP contribution in [0.15, 0.2) is 48.9 Å². The van der Waals surface area contributed by atoms with Crippen LogP contribution in [0.2, 0.25) is 0 Å². The maximum atomic E-state index is 14.5. The fourth-order valence-electron chi connectivity index (χ4n) is 6.27. The van der Waals surface area contributed by atoms with Crippen molar-refractivity contribution < 1.29 is 37.0 Å². The fourth-order valence-corrected chi connectivity index (χ4v) is 6.27. The molecule has 3 aromatic heterocycles. The quantitative estimate of drug-likeness (QED) is 0.240. The molecule has 3 atom stereocenters. The van der Waals surface area contributed by atoms with Crippen LogP contribution in [0.1, 0.15) is 56.5 Å². The van der Waals surface area contributed by atoms with E-state index in [0.717, 1.165) is 29.8 Å². The number of aliphatic carboxylic acids is 1. The molecule has 236 valence electrons. The zero-order chi connectivity index (χ0) is 32.7. The summed E-state index contributed by atoms with van der Waals surface area (Å²) in [7, 11) is 0. The zero-order valence-electron chi connectivity index (χ0n) is 24.3. The molecule has 10 nitrogen and oxygen atoms in total. The van der Waals surface area contributed by atoms with Crippen LogP contribution in [0.5, 0.6) is 0 Å². The minimum absolute atomic E-state index is 0.141. The van der Waals surface area contributed by atoms with Crippen LogP contribution in [0.3, 0.4) is 0 Å². The highest BCUT2D eigenvalue weighted by molar-refractivity contribution is 5.73. The number of fused-ring (bicyclic) bond motifs is 5. The fraction of sp³-hybridized carbons (Fsp3) is 0.367. The second kappa shape index (κ2) is 11.7. The molecule has 0 radical (unpaired) electrons. The molecule has 0 spiro atoms. The largest absolute Gasteiger partial charge is 0.490 e. The van der Waals surface area contributed by atoms with Gasteiger partial charge >= 0.3 is 12.1 Å². The van der Waals surface area contributed by atoms with Crippen molar-refractivity contribution in [1.29, 1.82) is 0 Å². The molecule has 3 N–H and O–H groups in total. The van der Waals surface area contributed by atoms with Crippen molar-refractivity contribution >= 4 is 11.9 Å². The van der Waals surface area contributed by atoms with Crippen molar-refractivity contribution in [1.82, 2.24) is 30.1 Å². The van der Waals surface area contributed by atoms with Crippen molar-refractivity contribution in [3.05, 3.63) is 77.5 Å². The van der Waals surface area contributed by atoms with Gasteiger partial charge in [-0.3, -0.25) is 0 Å². The van der Waals surface area contributed by atoms with Crippen molar-refractivity contribution in [3.63, 3.8) is 0 Å². The van der Waals surface area contributed by atoms with Crippen molar-refractivity contribution in [2.45, 2.75) is 57.2 Å². The zero-order valence-corrected chi connectivity index (χ0v) is 24.3. The van der Waals surface area contributed by atoms with Gasteiger partial charge < -0.3 is 15.5 Å². The van der Waals surface area contributed by atoms with E-state index in [2.05, 4.69) is 44.3 Å². The third-order valence-electron chi connectivity index (χ3n) is 8.40. The van der Waals surface area contributed by atoms with Crippen LogP contribution in [0.4, 0.5) is 27.9 Å². The first-order chi connectivity index (χ1) is 21.2. The Bertz CT molecular complexity index is 1710. The number of halogens is 5. The molecule has 0 amide bonds. The molecule has 2 aliphatic carbocycles. The SMILES string of the molecule is C[C@@H](O)CNc1ncc(-c2nccc([C@@]34CC[C@@H](c5cc(-c6c(F)cccc6F)nnc53)C4(C)C)n2)cn1.O=C(O)C(F)(F)F. The van der Waals surface area contributed by atoms with Gasteiger partial charge in [0, 0.05) is 25.1 Å². The lowest BCUT2D eigenvalue weighted by atomic mass is 9.66. The molecule has 3 heterocycles. The van der Waals surface area contributed by atoms with E-state index in [4.69, 9.17) is 14.9 Å². The Balaban J connectivity index is 0.000000515. The minimum Gasteiger partial charge on any atom is -0.475 e. The van der Waals surface area contributed by atoms with Gasteiger partial charge in [-0.2, -0.15) is 18.3 Å². The number of alkyl halides is 3. The topological polar surface area (TPSA) is 147 Å². The number of hydrogen-bond donors (Lipinski definition) is 3. The lowest BCUT2D eigenvalue weighted by molar-refractivity contribution is -0.192. The van der Waals surface area contributed by atoms with Crippen LogP contribution in [0, 0.1) is 17.0 Å². The van der Waals surface area contributed by atoms with Crippen LogP contribution in [-0.2, 0) is 10.2 Å². The standard InChI is InChI=1S/C28H27F2N7O.C2HF3O2/c1-15(38)12-32-26-33-13-16(14-34-26)25-31-10-8-22(35-25)28-9-7-18(27(28,2)3)17-11-21(36-37-24(17)28)23-19(29)5-4-6-20(23)30;3-2(4,5)1(6)7/h4-6,8,10-11,13-15,18,38H,7,9,12H2,1-3H3,(H,32,33,34);(H,6,7)/t15-,18+,28+;/m1./s1. The number of aromatic nitrogens is 6. The number of carboxylic acids is 1. The number of rotatable bonds is 6. The predicted octanol–water partition coefficient (Wildman–Crippen LogP) is 5.30. The van der Waals surface area contributed by atoms with E-state index < -0.39 is 35.3 Å². The van der Waals surface area contributed by atoms with E-state index in [1.165, 1.54) is 18.2 Å². The number of anilines is 1. The number of hydrogen-bond acceptors (Lipinski definition) is 9. The first kappa shape index (κ1) is 31.8. The Labute approximate surface area is 253 Å². The van der Waals surface area contributed by atoms with Crippen LogP contribution < -0.4 is 5.32 Å². The van der Waals surface area contributed by atoms with Gasteiger partial charge in [-0.15, -0.1) is 5.10 Å². The first-order valence-electron chi connectivity index (χ1n) is 13.9. The lowest BCUT2D eigenvalue weighted by Crippen LogP contribution is -2.38. The van der Waals surface area contributed by atoms with Crippen molar-refractivity contribution in [2.75, 3.05) is 11.9 Å². The molecule has 2 bridgehead atoms. The maximum absolute atomic E-state index is 14.5. The van der Waals surface area contributed by atoms with Gasteiger partial charge in [0.2, 0.25) is 5.95 Å². The van der Waals surface area contributed by atoms with Crippen LogP contribution >= 0.6 is 0 Å². The smallest absolute Gasteiger partial charge is 0.475 e. The Hall–Kier alpha value is -4.66. The summed E-state index contributed by atoms with van der Waals surface area (Å²) in [5.74, 6) is -3.04. The molecule has 4 aromatic rings. The Morgan fingerprint density at radius 3 is 2.33 bits per heavy atom. The minimum atomic E-state index is -5.08. The lowest BCUT2D eigenvalue weighted by Gasteiger charge is -2.37. The molecule has 45 heavy (non-hydrogen) atoms. The molecule has 1 fully saturated rings. The number of nitrogens with zero attached hydrogens (tertiary/aromatic N) is 6. The monoisotopic (exact) mass is 629 g/mol. The highest BCUT2D eigenvalue weighted by Crippen LogP contribution is 2.69. The van der Waals surface area contributed by atoms with Gasteiger partial charge in [-0.1, -0.05) is 19.9 Å². The average molecular weight is 630 g/mol. The normalized spacial score (nSPS) is 20.2. The average Bonchev–Trinajstić information content (AvgIpc) is 3.37. The Morgan fingerprint density at radius 2 is 1.73 bits per heavy atom.